The first-order chi connectivity index (χ1) is 20.1. The highest BCUT2D eigenvalue weighted by atomic mass is 19.1. The number of H-pyrrole nitrogens is 1. The zero-order valence-electron chi connectivity index (χ0n) is 24.1. The predicted octanol–water partition coefficient (Wildman–Crippen LogP) is 7.24. The van der Waals surface area contributed by atoms with Crippen LogP contribution in [-0.2, 0) is 4.79 Å². The summed E-state index contributed by atoms with van der Waals surface area (Å²) in [5.74, 6) is 1.07. The number of carbonyl (C=O) groups excluding carboxylic acids is 1. The van der Waals surface area contributed by atoms with Crippen molar-refractivity contribution in [1.29, 1.82) is 0 Å². The molecule has 0 radical (unpaired) electrons. The van der Waals surface area contributed by atoms with Crippen LogP contribution in [0.5, 0.6) is 0 Å². The van der Waals surface area contributed by atoms with E-state index in [2.05, 4.69) is 56.8 Å². The molecule has 0 bridgehead atoms. The number of rotatable bonds is 5. The van der Waals surface area contributed by atoms with Gasteiger partial charge in [0.25, 0.3) is 0 Å². The topological polar surface area (TPSA) is 85.9 Å². The number of halogens is 1. The Kier molecular flexibility index (Phi) is 6.98. The van der Waals surface area contributed by atoms with E-state index in [0.29, 0.717) is 17.9 Å². The molecule has 7 nitrogen and oxygen atoms in total. The zero-order chi connectivity index (χ0) is 29.4. The lowest BCUT2D eigenvalue weighted by molar-refractivity contribution is -0.117. The third-order valence-electron chi connectivity index (χ3n) is 7.26. The molecule has 2 aromatic carbocycles. The van der Waals surface area contributed by atoms with Crippen molar-refractivity contribution >= 4 is 34.2 Å². The third kappa shape index (κ3) is 5.61. The summed E-state index contributed by atoms with van der Waals surface area (Å²) >= 11 is 0. The van der Waals surface area contributed by atoms with E-state index in [1.54, 1.807) is 18.5 Å². The molecule has 0 atom stereocenters. The number of carbonyl (C=O) groups is 1. The Morgan fingerprint density at radius 1 is 1.05 bits per heavy atom. The second kappa shape index (κ2) is 10.8. The molecule has 4 heterocycles. The van der Waals surface area contributed by atoms with Crippen LogP contribution in [-0.4, -0.2) is 34.5 Å². The maximum atomic E-state index is 14.1. The lowest BCUT2D eigenvalue weighted by Crippen LogP contribution is -2.22. The fraction of sp³-hybridized carbons (Fsp3) is 0.206. The summed E-state index contributed by atoms with van der Waals surface area (Å²) in [4.78, 5) is 27.6. The summed E-state index contributed by atoms with van der Waals surface area (Å²) in [6, 6.07) is 14.8. The molecule has 2 aromatic heterocycles. The summed E-state index contributed by atoms with van der Waals surface area (Å²) < 4.78 is 14.1. The minimum absolute atomic E-state index is 0.0357. The van der Waals surface area contributed by atoms with Gasteiger partial charge in [-0.25, -0.2) is 9.37 Å². The maximum Gasteiger partial charge on any atom is 0.224 e. The lowest BCUT2D eigenvalue weighted by atomic mass is 9.92. The number of benzene rings is 2. The number of imidazole rings is 1. The van der Waals surface area contributed by atoms with E-state index in [4.69, 9.17) is 4.98 Å². The van der Waals surface area contributed by atoms with Crippen molar-refractivity contribution in [3.8, 4) is 11.1 Å². The third-order valence-corrected chi connectivity index (χ3v) is 7.26. The number of nitrogens with one attached hydrogen (secondary N) is 3. The van der Waals surface area contributed by atoms with E-state index in [-0.39, 0.29) is 17.1 Å². The first-order valence-corrected chi connectivity index (χ1v) is 14.0. The Bertz CT molecular complexity index is 1770. The molecule has 0 saturated carbocycles. The number of likely N-dealkylation sites (N-methyl/N-ethyl adjacent to an activating group) is 1. The second-order valence-corrected chi connectivity index (χ2v) is 11.9. The number of nitrogens with zero attached hydrogens (tertiary/aromatic N) is 3. The number of amides is 1. The van der Waals surface area contributed by atoms with E-state index < -0.39 is 0 Å². The molecule has 212 valence electrons. The SMILES string of the molecule is CN1CC=C(c2nc3c([nH]2)C(c2cccc(F)c2)=CC=CN3)c2cc(-c3cncc(NC(=O)CC(C)(C)C)c3)ccc21. The number of allylic oxidation sites excluding steroid dienone is 2. The van der Waals surface area contributed by atoms with Crippen molar-refractivity contribution in [2.75, 3.05) is 29.1 Å². The molecule has 3 N–H and O–H groups in total. The molecular formula is C34H33FN6O. The van der Waals surface area contributed by atoms with Crippen LogP contribution in [0.2, 0.25) is 0 Å². The minimum atomic E-state index is -0.289. The maximum absolute atomic E-state index is 14.1. The Morgan fingerprint density at radius 2 is 1.90 bits per heavy atom. The standard InChI is InChI=1S/C34H33FN6O/c1-34(2,3)18-30(42)38-25-16-23(19-36-20-25)21-10-11-29-28(17-21)27(12-14-41(29)4)32-39-31-26(9-6-13-37-33(31)40-32)22-7-5-8-24(35)15-22/h5-13,15-17,19-20,37H,14,18H2,1-4H3,(H,38,42)(H,39,40). The molecule has 4 aromatic rings. The van der Waals surface area contributed by atoms with Gasteiger partial charge in [0.1, 0.15) is 11.6 Å². The van der Waals surface area contributed by atoms with E-state index in [1.165, 1.54) is 12.1 Å². The van der Waals surface area contributed by atoms with Crippen LogP contribution in [0.3, 0.4) is 0 Å². The molecule has 1 amide bonds. The molecule has 8 heteroatoms. The summed E-state index contributed by atoms with van der Waals surface area (Å²) in [5, 5.41) is 6.24. The van der Waals surface area contributed by atoms with Crippen LogP contribution in [0.15, 0.2) is 85.4 Å². The van der Waals surface area contributed by atoms with Gasteiger partial charge in [-0.05, 0) is 52.9 Å². The molecule has 6 rings (SSSR count). The predicted molar refractivity (Wildman–Crippen MR) is 168 cm³/mol. The number of fused-ring (bicyclic) bond motifs is 2. The van der Waals surface area contributed by atoms with Gasteiger partial charge in [-0.3, -0.25) is 9.78 Å². The van der Waals surface area contributed by atoms with Gasteiger partial charge in [0.15, 0.2) is 5.82 Å². The molecule has 0 unspecified atom stereocenters. The van der Waals surface area contributed by atoms with Crippen LogP contribution < -0.4 is 15.5 Å². The Labute approximate surface area is 244 Å². The highest BCUT2D eigenvalue weighted by Crippen LogP contribution is 2.39. The first kappa shape index (κ1) is 27.2. The number of pyridine rings is 1. The van der Waals surface area contributed by atoms with E-state index in [1.807, 2.05) is 51.3 Å². The number of anilines is 3. The van der Waals surface area contributed by atoms with E-state index in [0.717, 1.165) is 57.2 Å². The monoisotopic (exact) mass is 560 g/mol. The summed E-state index contributed by atoms with van der Waals surface area (Å²) in [7, 11) is 2.06. The van der Waals surface area contributed by atoms with Crippen molar-refractivity contribution in [1.82, 2.24) is 15.0 Å². The molecule has 0 fully saturated rings. The van der Waals surface area contributed by atoms with Crippen LogP contribution in [0.25, 0.3) is 22.3 Å². The van der Waals surface area contributed by atoms with Crippen LogP contribution in [0.4, 0.5) is 21.6 Å². The first-order valence-electron chi connectivity index (χ1n) is 14.0. The molecule has 0 aliphatic carbocycles. The van der Waals surface area contributed by atoms with Crippen LogP contribution >= 0.6 is 0 Å². The molecular weight excluding hydrogens is 527 g/mol. The smallest absolute Gasteiger partial charge is 0.224 e. The number of hydrogen-bond acceptors (Lipinski definition) is 5. The van der Waals surface area contributed by atoms with Gasteiger partial charge in [-0.2, -0.15) is 0 Å². The van der Waals surface area contributed by atoms with Crippen molar-refractivity contribution in [3.05, 3.63) is 114 Å². The molecule has 42 heavy (non-hydrogen) atoms. The van der Waals surface area contributed by atoms with Gasteiger partial charge in [0, 0.05) is 60.4 Å². The van der Waals surface area contributed by atoms with Crippen LogP contribution in [0, 0.1) is 11.2 Å². The fourth-order valence-electron chi connectivity index (χ4n) is 5.33. The molecule has 2 aliphatic heterocycles. The van der Waals surface area contributed by atoms with E-state index in [9.17, 15) is 9.18 Å². The van der Waals surface area contributed by atoms with Crippen LogP contribution in [0.1, 0.15) is 49.8 Å². The average Bonchev–Trinajstić information content (AvgIpc) is 3.25. The average molecular weight is 561 g/mol. The summed E-state index contributed by atoms with van der Waals surface area (Å²) in [6.45, 7) is 6.85. The largest absolute Gasteiger partial charge is 0.370 e. The van der Waals surface area contributed by atoms with Crippen molar-refractivity contribution in [2.24, 2.45) is 5.41 Å². The van der Waals surface area contributed by atoms with Gasteiger partial charge < -0.3 is 20.5 Å². The van der Waals surface area contributed by atoms with Crippen molar-refractivity contribution in [3.63, 3.8) is 0 Å². The molecule has 0 spiro atoms. The highest BCUT2D eigenvalue weighted by Gasteiger charge is 2.24. The van der Waals surface area contributed by atoms with Gasteiger partial charge in [-0.15, -0.1) is 0 Å². The second-order valence-electron chi connectivity index (χ2n) is 11.9. The minimum Gasteiger partial charge on any atom is -0.370 e. The number of aromatic nitrogens is 3. The van der Waals surface area contributed by atoms with Crippen molar-refractivity contribution < 1.29 is 9.18 Å². The van der Waals surface area contributed by atoms with E-state index >= 15 is 0 Å². The van der Waals surface area contributed by atoms with Crippen molar-refractivity contribution in [2.45, 2.75) is 27.2 Å². The quantitative estimate of drug-likeness (QED) is 0.240. The van der Waals surface area contributed by atoms with Gasteiger partial charge >= 0.3 is 0 Å². The fourth-order valence-corrected chi connectivity index (χ4v) is 5.33. The zero-order valence-corrected chi connectivity index (χ0v) is 24.1. The van der Waals surface area contributed by atoms with Gasteiger partial charge in [0.05, 0.1) is 17.6 Å². The Hall–Kier alpha value is -4.98. The Morgan fingerprint density at radius 3 is 2.71 bits per heavy atom. The Balaban J connectivity index is 1.35. The van der Waals surface area contributed by atoms with Gasteiger partial charge in [0.2, 0.25) is 5.91 Å². The number of aromatic amines is 1. The summed E-state index contributed by atoms with van der Waals surface area (Å²) in [6.07, 6.45) is 11.7. The van der Waals surface area contributed by atoms with Gasteiger partial charge in [-0.1, -0.05) is 51.1 Å². The normalized spacial score (nSPS) is 14.3. The summed E-state index contributed by atoms with van der Waals surface area (Å²) in [5.41, 5.74) is 7.93. The lowest BCUT2D eigenvalue weighted by Gasteiger charge is -2.27. The number of hydrogen-bond donors (Lipinski definition) is 3. The highest BCUT2D eigenvalue weighted by molar-refractivity contribution is 5.93. The molecule has 0 saturated heterocycles. The molecule has 2 aliphatic rings.